The summed E-state index contributed by atoms with van der Waals surface area (Å²) < 4.78 is 39.8. The molecular formula is C34H34F3N3S2. The third-order valence-corrected chi connectivity index (χ3v) is 10.3. The summed E-state index contributed by atoms with van der Waals surface area (Å²) in [6.07, 6.45) is -2.33. The molecule has 1 saturated heterocycles. The zero-order valence-corrected chi connectivity index (χ0v) is 25.2. The summed E-state index contributed by atoms with van der Waals surface area (Å²) in [5.41, 5.74) is 3.98. The van der Waals surface area contributed by atoms with E-state index in [-0.39, 0.29) is 0 Å². The number of alkyl halides is 3. The molecule has 0 amide bonds. The van der Waals surface area contributed by atoms with Crippen LogP contribution in [-0.4, -0.2) is 56.1 Å². The Morgan fingerprint density at radius 2 is 1.21 bits per heavy atom. The molecule has 0 atom stereocenters. The maximum absolute atomic E-state index is 13.3. The summed E-state index contributed by atoms with van der Waals surface area (Å²) in [7, 11) is 2.13. The molecule has 4 aromatic carbocycles. The Labute approximate surface area is 254 Å². The van der Waals surface area contributed by atoms with Gasteiger partial charge >= 0.3 is 6.18 Å². The average Bonchev–Trinajstić information content (AvgIpc) is 3.00. The van der Waals surface area contributed by atoms with E-state index in [2.05, 4.69) is 70.3 Å². The van der Waals surface area contributed by atoms with Gasteiger partial charge in [-0.25, -0.2) is 0 Å². The molecule has 0 saturated carbocycles. The normalized spacial score (nSPS) is 16.4. The second kappa shape index (κ2) is 12.8. The lowest BCUT2D eigenvalue weighted by atomic mass is 10.0. The van der Waals surface area contributed by atoms with Gasteiger partial charge in [0.25, 0.3) is 0 Å². The molecule has 3 aliphatic rings. The number of likely N-dealkylation sites (N-methyl/N-ethyl adjacent to an activating group) is 1. The summed E-state index contributed by atoms with van der Waals surface area (Å²) >= 11 is 3.42. The SMILES string of the molecule is CN1CCN(CCCN2c3ccccc3Sc3ccc(C(F)(F)F)cc32)CC1.c1ccc2c(c1)Cc1ccccc1S2. The fraction of sp³-hybridized carbons (Fsp3) is 0.294. The van der Waals surface area contributed by atoms with Gasteiger partial charge in [-0.2, -0.15) is 13.2 Å². The van der Waals surface area contributed by atoms with Gasteiger partial charge in [0.1, 0.15) is 0 Å². The standard InChI is InChI=1S/C21H24F3N3S.C13H10S/c1-25-11-13-26(14-12-25)9-4-10-27-17-5-2-3-6-19(17)28-20-8-7-16(15-18(20)27)21(22,23)24;1-3-7-12-10(5-1)9-11-6-2-4-8-13(11)14-12/h2-3,5-8,15H,4,9-14H2,1H3;1-8H,9H2. The highest BCUT2D eigenvalue weighted by Gasteiger charge is 2.33. The van der Waals surface area contributed by atoms with Crippen molar-refractivity contribution in [2.45, 2.75) is 38.6 Å². The van der Waals surface area contributed by atoms with Crippen LogP contribution in [-0.2, 0) is 12.6 Å². The van der Waals surface area contributed by atoms with Crippen LogP contribution in [0.25, 0.3) is 0 Å². The Hall–Kier alpha value is -2.91. The van der Waals surface area contributed by atoms with Gasteiger partial charge < -0.3 is 14.7 Å². The number of halogens is 3. The van der Waals surface area contributed by atoms with Crippen molar-refractivity contribution in [3.05, 3.63) is 108 Å². The van der Waals surface area contributed by atoms with Gasteiger partial charge in [-0.1, -0.05) is 72.1 Å². The molecule has 0 N–H and O–H groups in total. The quantitative estimate of drug-likeness (QED) is 0.202. The third-order valence-electron chi connectivity index (χ3n) is 7.95. The van der Waals surface area contributed by atoms with E-state index in [4.69, 9.17) is 0 Å². The maximum Gasteiger partial charge on any atom is 0.416 e. The zero-order valence-electron chi connectivity index (χ0n) is 23.6. The minimum atomic E-state index is -4.33. The Balaban J connectivity index is 0.000000187. The second-order valence-corrected chi connectivity index (χ2v) is 13.1. The molecule has 3 heterocycles. The number of hydrogen-bond acceptors (Lipinski definition) is 5. The Bertz CT molecular complexity index is 1450. The Morgan fingerprint density at radius 1 is 0.643 bits per heavy atom. The number of anilines is 2. The van der Waals surface area contributed by atoms with Crippen LogP contribution in [0.3, 0.4) is 0 Å². The van der Waals surface area contributed by atoms with Crippen LogP contribution in [0.4, 0.5) is 24.5 Å². The van der Waals surface area contributed by atoms with Crippen LogP contribution < -0.4 is 4.90 Å². The minimum Gasteiger partial charge on any atom is -0.340 e. The van der Waals surface area contributed by atoms with Crippen molar-refractivity contribution in [1.29, 1.82) is 0 Å². The summed E-state index contributed by atoms with van der Waals surface area (Å²) in [6.45, 7) is 5.92. The van der Waals surface area contributed by atoms with E-state index in [0.717, 1.165) is 61.0 Å². The van der Waals surface area contributed by atoms with Gasteiger partial charge in [-0.3, -0.25) is 0 Å². The van der Waals surface area contributed by atoms with Crippen LogP contribution in [0.1, 0.15) is 23.1 Å². The summed E-state index contributed by atoms with van der Waals surface area (Å²) in [5.74, 6) is 0. The first-order valence-electron chi connectivity index (χ1n) is 14.4. The third kappa shape index (κ3) is 6.67. The number of para-hydroxylation sites is 1. The van der Waals surface area contributed by atoms with Crippen LogP contribution in [0.5, 0.6) is 0 Å². The number of fused-ring (bicyclic) bond motifs is 4. The molecule has 3 aliphatic heterocycles. The van der Waals surface area contributed by atoms with Crippen LogP contribution >= 0.6 is 23.5 Å². The van der Waals surface area contributed by atoms with Crippen molar-refractivity contribution in [3.8, 4) is 0 Å². The largest absolute Gasteiger partial charge is 0.416 e. The Morgan fingerprint density at radius 3 is 1.88 bits per heavy atom. The van der Waals surface area contributed by atoms with Crippen molar-refractivity contribution < 1.29 is 13.2 Å². The zero-order chi connectivity index (χ0) is 29.1. The van der Waals surface area contributed by atoms with E-state index in [1.54, 1.807) is 17.8 Å². The van der Waals surface area contributed by atoms with Crippen molar-refractivity contribution in [1.82, 2.24) is 9.80 Å². The molecule has 1 fully saturated rings. The molecule has 0 spiro atoms. The van der Waals surface area contributed by atoms with Crippen molar-refractivity contribution in [3.63, 3.8) is 0 Å². The van der Waals surface area contributed by atoms with E-state index in [0.29, 0.717) is 12.2 Å². The molecule has 0 aromatic heterocycles. The lowest BCUT2D eigenvalue weighted by molar-refractivity contribution is -0.137. The molecule has 42 heavy (non-hydrogen) atoms. The highest BCUT2D eigenvalue weighted by molar-refractivity contribution is 8.00. The van der Waals surface area contributed by atoms with E-state index < -0.39 is 11.7 Å². The number of nitrogens with zero attached hydrogens (tertiary/aromatic N) is 3. The van der Waals surface area contributed by atoms with Crippen LogP contribution in [0, 0.1) is 0 Å². The predicted octanol–water partition coefficient (Wildman–Crippen LogP) is 8.69. The fourth-order valence-electron chi connectivity index (χ4n) is 5.59. The summed E-state index contributed by atoms with van der Waals surface area (Å²) in [4.78, 5) is 11.6. The molecule has 0 aliphatic carbocycles. The highest BCUT2D eigenvalue weighted by atomic mass is 32.2. The van der Waals surface area contributed by atoms with Gasteiger partial charge in [0.15, 0.2) is 0 Å². The summed E-state index contributed by atoms with van der Waals surface area (Å²) in [6, 6.07) is 29.4. The second-order valence-electron chi connectivity index (χ2n) is 10.9. The first-order valence-corrected chi connectivity index (χ1v) is 16.0. The minimum absolute atomic E-state index is 0.588. The average molecular weight is 606 g/mol. The van der Waals surface area contributed by atoms with Crippen molar-refractivity contribution in [2.24, 2.45) is 0 Å². The molecule has 0 unspecified atom stereocenters. The van der Waals surface area contributed by atoms with Crippen molar-refractivity contribution in [2.75, 3.05) is 51.2 Å². The van der Waals surface area contributed by atoms with Crippen LogP contribution in [0.15, 0.2) is 111 Å². The number of benzene rings is 4. The van der Waals surface area contributed by atoms with Crippen LogP contribution in [0.2, 0.25) is 0 Å². The van der Waals surface area contributed by atoms with Gasteiger partial charge in [0, 0.05) is 52.3 Å². The highest BCUT2D eigenvalue weighted by Crippen LogP contribution is 2.49. The number of hydrogen-bond donors (Lipinski definition) is 0. The first kappa shape index (κ1) is 29.2. The fourth-order valence-corrected chi connectivity index (χ4v) is 7.74. The lowest BCUT2D eigenvalue weighted by Crippen LogP contribution is -2.45. The lowest BCUT2D eigenvalue weighted by Gasteiger charge is -2.35. The van der Waals surface area contributed by atoms with Gasteiger partial charge in [0.2, 0.25) is 0 Å². The molecular weight excluding hydrogens is 572 g/mol. The van der Waals surface area contributed by atoms with E-state index >= 15 is 0 Å². The van der Waals surface area contributed by atoms with Gasteiger partial charge in [-0.05, 0) is 80.0 Å². The number of rotatable bonds is 4. The molecule has 0 radical (unpaired) electrons. The topological polar surface area (TPSA) is 9.72 Å². The first-order chi connectivity index (χ1) is 20.3. The van der Waals surface area contributed by atoms with Gasteiger partial charge in [0.05, 0.1) is 16.9 Å². The summed E-state index contributed by atoms with van der Waals surface area (Å²) in [5, 5.41) is 0. The predicted molar refractivity (Wildman–Crippen MR) is 167 cm³/mol. The maximum atomic E-state index is 13.3. The number of piperazine rings is 1. The molecule has 0 bridgehead atoms. The molecule has 3 nitrogen and oxygen atoms in total. The molecule has 8 heteroatoms. The Kier molecular flexibility index (Phi) is 8.86. The van der Waals surface area contributed by atoms with E-state index in [9.17, 15) is 13.2 Å². The van der Waals surface area contributed by atoms with Gasteiger partial charge in [-0.15, -0.1) is 0 Å². The van der Waals surface area contributed by atoms with E-state index in [1.807, 2.05) is 36.0 Å². The smallest absolute Gasteiger partial charge is 0.340 e. The van der Waals surface area contributed by atoms with E-state index in [1.165, 1.54) is 33.1 Å². The molecule has 4 aromatic rings. The molecule has 7 rings (SSSR count). The monoisotopic (exact) mass is 605 g/mol. The van der Waals surface area contributed by atoms with Crippen molar-refractivity contribution >= 4 is 34.9 Å². The molecule has 218 valence electrons.